The van der Waals surface area contributed by atoms with Crippen LogP contribution in [0.1, 0.15) is 48.1 Å². The maximum absolute atomic E-state index is 14.0. The normalized spacial score (nSPS) is 15.0. The van der Waals surface area contributed by atoms with Crippen molar-refractivity contribution in [2.45, 2.75) is 52.7 Å². The number of carbonyl (C=O) groups is 1. The molecule has 0 unspecified atom stereocenters. The van der Waals surface area contributed by atoms with Gasteiger partial charge in [0.1, 0.15) is 5.82 Å². The number of H-pyrrole nitrogens is 1. The van der Waals surface area contributed by atoms with E-state index in [0.717, 1.165) is 11.3 Å². The first-order chi connectivity index (χ1) is 18.5. The molecule has 11 heteroatoms. The Bertz CT molecular complexity index is 1640. The average Bonchev–Trinajstić information content (AvgIpc) is 3.32. The van der Waals surface area contributed by atoms with Crippen molar-refractivity contribution in [2.24, 2.45) is 0 Å². The van der Waals surface area contributed by atoms with Crippen LogP contribution in [0.5, 0.6) is 0 Å². The summed E-state index contributed by atoms with van der Waals surface area (Å²) >= 11 is 18.9. The van der Waals surface area contributed by atoms with Gasteiger partial charge in [0, 0.05) is 35.0 Å². The number of anilines is 1. The third-order valence-corrected chi connectivity index (χ3v) is 7.67. The van der Waals surface area contributed by atoms with Crippen LogP contribution >= 0.6 is 34.8 Å². The maximum Gasteiger partial charge on any atom is 0.263 e. The second kappa shape index (κ2) is 10.7. The van der Waals surface area contributed by atoms with Gasteiger partial charge in [0.2, 0.25) is 5.95 Å². The molecule has 5 rings (SSSR count). The number of aromatic nitrogens is 4. The van der Waals surface area contributed by atoms with Crippen LogP contribution < -0.4 is 10.9 Å². The number of hydrogen-bond acceptors (Lipinski definition) is 5. The van der Waals surface area contributed by atoms with Crippen molar-refractivity contribution in [3.63, 3.8) is 0 Å². The van der Waals surface area contributed by atoms with Crippen molar-refractivity contribution < 1.29 is 4.79 Å². The van der Waals surface area contributed by atoms with E-state index >= 15 is 0 Å². The quantitative estimate of drug-likeness (QED) is 0.287. The number of carbonyl (C=O) groups excluding carboxylic acids is 1. The molecule has 0 radical (unpaired) electrons. The number of rotatable bonds is 5. The summed E-state index contributed by atoms with van der Waals surface area (Å²) in [5.74, 6) is 0.842. The van der Waals surface area contributed by atoms with Gasteiger partial charge in [0.25, 0.3) is 11.5 Å². The Hall–Kier alpha value is -3.33. The number of fused-ring (bicyclic) bond motifs is 1. The smallest absolute Gasteiger partial charge is 0.263 e. The molecule has 1 aliphatic heterocycles. The molecule has 2 aromatic heterocycles. The Labute approximate surface area is 241 Å². The number of amides is 1. The van der Waals surface area contributed by atoms with Crippen LogP contribution in [-0.2, 0) is 13.0 Å². The Morgan fingerprint density at radius 1 is 1.08 bits per heavy atom. The number of benzene rings is 2. The molecule has 0 fully saturated rings. The Balaban J connectivity index is 1.56. The molecule has 4 aromatic rings. The van der Waals surface area contributed by atoms with Crippen LogP contribution in [0, 0.1) is 6.92 Å². The number of aryl methyl sites for hydroxylation is 1. The van der Waals surface area contributed by atoms with E-state index < -0.39 is 0 Å². The van der Waals surface area contributed by atoms with Gasteiger partial charge in [-0.05, 0) is 70.5 Å². The third kappa shape index (κ3) is 5.29. The van der Waals surface area contributed by atoms with E-state index in [1.807, 2.05) is 40.0 Å². The lowest BCUT2D eigenvalue weighted by Crippen LogP contribution is -2.46. The summed E-state index contributed by atoms with van der Waals surface area (Å²) in [7, 11) is 0. The minimum absolute atomic E-state index is 0.0122. The fourth-order valence-electron chi connectivity index (χ4n) is 4.70. The molecule has 1 amide bonds. The van der Waals surface area contributed by atoms with Gasteiger partial charge in [-0.3, -0.25) is 9.59 Å². The van der Waals surface area contributed by atoms with E-state index in [2.05, 4.69) is 15.3 Å². The van der Waals surface area contributed by atoms with Gasteiger partial charge >= 0.3 is 0 Å². The van der Waals surface area contributed by atoms with E-state index in [-0.39, 0.29) is 30.1 Å². The van der Waals surface area contributed by atoms with Gasteiger partial charge in [0.05, 0.1) is 38.7 Å². The summed E-state index contributed by atoms with van der Waals surface area (Å²) in [6.07, 6.45) is 2.16. The highest BCUT2D eigenvalue weighted by atomic mass is 35.5. The van der Waals surface area contributed by atoms with E-state index in [4.69, 9.17) is 39.8 Å². The van der Waals surface area contributed by atoms with Crippen LogP contribution in [0.4, 0.5) is 5.95 Å². The molecule has 0 spiro atoms. The number of aromatic amines is 1. The number of nitrogens with zero attached hydrogens (tertiary/aromatic N) is 4. The fourth-order valence-corrected chi connectivity index (χ4v) is 5.26. The van der Waals surface area contributed by atoms with E-state index in [1.165, 1.54) is 4.57 Å². The van der Waals surface area contributed by atoms with E-state index in [9.17, 15) is 9.59 Å². The van der Waals surface area contributed by atoms with Crippen LogP contribution in [0.2, 0.25) is 15.1 Å². The molecule has 2 N–H and O–H groups in total. The molecule has 1 atom stereocenters. The molecule has 202 valence electrons. The van der Waals surface area contributed by atoms with Crippen molar-refractivity contribution in [3.8, 4) is 17.1 Å². The van der Waals surface area contributed by atoms with Gasteiger partial charge in [-0.2, -0.15) is 0 Å². The zero-order valence-electron chi connectivity index (χ0n) is 21.8. The molecular formula is C28H27Cl3N6O2. The second-order valence-electron chi connectivity index (χ2n) is 9.97. The lowest BCUT2D eigenvalue weighted by Gasteiger charge is -2.35. The Kier molecular flexibility index (Phi) is 7.46. The topological polar surface area (TPSA) is 95.9 Å². The van der Waals surface area contributed by atoms with Gasteiger partial charge in [-0.1, -0.05) is 34.8 Å². The van der Waals surface area contributed by atoms with Gasteiger partial charge < -0.3 is 15.2 Å². The van der Waals surface area contributed by atoms with Crippen LogP contribution in [0.3, 0.4) is 0 Å². The standard InChI is InChI=1S/C28H27Cl3N6O2/c1-14(2)33-28-35-23-13-36(26(38)18-5-7-20(29)21(30)11-18)16(4)9-19(23)27(39)37(28)24-8-6-17(10-22(24)31)25-32-12-15(3)34-25/h5-8,10-12,14,16H,9,13H2,1-4H3,(H,32,34)(H,33,35)/t16-/m1/s1. The van der Waals surface area contributed by atoms with Gasteiger partial charge in [-0.15, -0.1) is 0 Å². The molecule has 3 heterocycles. The lowest BCUT2D eigenvalue weighted by atomic mass is 9.98. The largest absolute Gasteiger partial charge is 0.353 e. The first-order valence-corrected chi connectivity index (χ1v) is 13.7. The zero-order valence-corrected chi connectivity index (χ0v) is 24.1. The van der Waals surface area contributed by atoms with Crippen LogP contribution in [-0.4, -0.2) is 42.4 Å². The zero-order chi connectivity index (χ0) is 28.0. The SMILES string of the molecule is Cc1c[nH]c(-c2ccc(-n3c(NC(C)C)nc4c(c3=O)C[C@@H](C)N(C(=O)c3ccc(Cl)c(Cl)c3)C4)c(Cl)c2)n1. The number of imidazole rings is 1. The minimum atomic E-state index is -0.244. The number of halogens is 3. The molecule has 39 heavy (non-hydrogen) atoms. The molecule has 0 aliphatic carbocycles. The summed E-state index contributed by atoms with van der Waals surface area (Å²) in [6, 6.07) is 9.98. The first kappa shape index (κ1) is 27.2. The predicted octanol–water partition coefficient (Wildman–Crippen LogP) is 6.30. The molecule has 0 saturated heterocycles. The van der Waals surface area contributed by atoms with Crippen molar-refractivity contribution >= 4 is 46.7 Å². The molecular weight excluding hydrogens is 559 g/mol. The van der Waals surface area contributed by atoms with Crippen molar-refractivity contribution in [3.05, 3.63) is 90.5 Å². The monoisotopic (exact) mass is 584 g/mol. The van der Waals surface area contributed by atoms with E-state index in [0.29, 0.717) is 55.8 Å². The summed E-state index contributed by atoms with van der Waals surface area (Å²) in [5, 5.41) is 4.35. The van der Waals surface area contributed by atoms with Crippen molar-refractivity contribution in [2.75, 3.05) is 5.32 Å². The maximum atomic E-state index is 14.0. The highest BCUT2D eigenvalue weighted by Gasteiger charge is 2.32. The molecule has 2 aromatic carbocycles. The summed E-state index contributed by atoms with van der Waals surface area (Å²) in [4.78, 5) is 41.5. The summed E-state index contributed by atoms with van der Waals surface area (Å²) in [5.41, 5.74) is 3.48. The average molecular weight is 586 g/mol. The van der Waals surface area contributed by atoms with Crippen molar-refractivity contribution in [1.29, 1.82) is 0 Å². The first-order valence-electron chi connectivity index (χ1n) is 12.5. The highest BCUT2D eigenvalue weighted by Crippen LogP contribution is 2.30. The van der Waals surface area contributed by atoms with Crippen molar-refractivity contribution in [1.82, 2.24) is 24.4 Å². The minimum Gasteiger partial charge on any atom is -0.353 e. The third-order valence-electron chi connectivity index (χ3n) is 6.63. The fraction of sp³-hybridized carbons (Fsp3) is 0.286. The predicted molar refractivity (Wildman–Crippen MR) is 155 cm³/mol. The molecule has 8 nitrogen and oxygen atoms in total. The Morgan fingerprint density at radius 3 is 2.49 bits per heavy atom. The van der Waals surface area contributed by atoms with Gasteiger partial charge in [-0.25, -0.2) is 14.5 Å². The van der Waals surface area contributed by atoms with Crippen LogP contribution in [0.15, 0.2) is 47.4 Å². The number of hydrogen-bond donors (Lipinski definition) is 2. The van der Waals surface area contributed by atoms with E-state index in [1.54, 1.807) is 35.2 Å². The second-order valence-corrected chi connectivity index (χ2v) is 11.2. The lowest BCUT2D eigenvalue weighted by molar-refractivity contribution is 0.0653. The highest BCUT2D eigenvalue weighted by molar-refractivity contribution is 6.42. The van der Waals surface area contributed by atoms with Gasteiger partial charge in [0.15, 0.2) is 0 Å². The summed E-state index contributed by atoms with van der Waals surface area (Å²) in [6.45, 7) is 7.92. The number of nitrogens with one attached hydrogen (secondary N) is 2. The van der Waals surface area contributed by atoms with Crippen LogP contribution in [0.25, 0.3) is 17.1 Å². The molecule has 1 aliphatic rings. The molecule has 0 bridgehead atoms. The Morgan fingerprint density at radius 2 is 1.85 bits per heavy atom. The summed E-state index contributed by atoms with van der Waals surface area (Å²) < 4.78 is 1.52. The molecule has 0 saturated carbocycles.